The van der Waals surface area contributed by atoms with E-state index in [9.17, 15) is 19.2 Å². The third-order valence-corrected chi connectivity index (χ3v) is 5.55. The molecule has 1 aromatic heterocycles. The van der Waals surface area contributed by atoms with E-state index in [0.29, 0.717) is 52.8 Å². The number of esters is 1. The fourth-order valence-corrected chi connectivity index (χ4v) is 3.88. The molecular weight excluding hydrogens is 410 g/mol. The molecule has 0 atom stereocenters. The largest absolute Gasteiger partial charge is 0.462 e. The molecule has 0 unspecified atom stereocenters. The van der Waals surface area contributed by atoms with Crippen molar-refractivity contribution >= 4 is 28.8 Å². The van der Waals surface area contributed by atoms with Crippen LogP contribution in [0.3, 0.4) is 0 Å². The van der Waals surface area contributed by atoms with Crippen molar-refractivity contribution in [2.45, 2.75) is 33.2 Å². The fourth-order valence-electron chi connectivity index (χ4n) is 3.88. The molecule has 3 aromatic rings. The maximum atomic E-state index is 12.4. The molecular formula is C24H23N3O5. The Morgan fingerprint density at radius 1 is 1.00 bits per heavy atom. The van der Waals surface area contributed by atoms with E-state index < -0.39 is 5.97 Å². The number of ether oxygens (including phenoxy) is 1. The second-order valence-corrected chi connectivity index (χ2v) is 7.60. The number of carbonyl (C=O) groups is 3. The summed E-state index contributed by atoms with van der Waals surface area (Å²) in [7, 11) is 0. The molecule has 0 bridgehead atoms. The van der Waals surface area contributed by atoms with Crippen LogP contribution in [0.1, 0.15) is 56.5 Å². The van der Waals surface area contributed by atoms with Crippen LogP contribution in [-0.4, -0.2) is 45.4 Å². The van der Waals surface area contributed by atoms with Gasteiger partial charge in [-0.15, -0.1) is 0 Å². The predicted molar refractivity (Wildman–Crippen MR) is 118 cm³/mol. The Morgan fingerprint density at radius 2 is 1.69 bits per heavy atom. The molecule has 1 aliphatic heterocycles. The molecule has 8 nitrogen and oxygen atoms in total. The van der Waals surface area contributed by atoms with E-state index in [1.165, 1.54) is 4.90 Å². The minimum absolute atomic E-state index is 0.145. The molecule has 32 heavy (non-hydrogen) atoms. The van der Waals surface area contributed by atoms with Crippen LogP contribution in [0.4, 0.5) is 0 Å². The average Bonchev–Trinajstić information content (AvgIpc) is 3.04. The monoisotopic (exact) mass is 433 g/mol. The number of fused-ring (bicyclic) bond motifs is 2. The third kappa shape index (κ3) is 3.79. The molecule has 0 aliphatic carbocycles. The highest BCUT2D eigenvalue weighted by atomic mass is 16.5. The molecule has 0 radical (unpaired) electrons. The fraction of sp³-hybridized carbons (Fsp3) is 0.292. The number of nitrogens with zero attached hydrogens (tertiary/aromatic N) is 3. The number of amides is 2. The van der Waals surface area contributed by atoms with Gasteiger partial charge in [-0.2, -0.15) is 0 Å². The number of hydrogen-bond donors (Lipinski definition) is 0. The van der Waals surface area contributed by atoms with Gasteiger partial charge in [0.2, 0.25) is 0 Å². The summed E-state index contributed by atoms with van der Waals surface area (Å²) in [6, 6.07) is 11.7. The van der Waals surface area contributed by atoms with Crippen molar-refractivity contribution in [1.82, 2.24) is 14.5 Å². The van der Waals surface area contributed by atoms with Crippen molar-refractivity contribution in [3.05, 3.63) is 75.2 Å². The van der Waals surface area contributed by atoms with E-state index in [1.54, 1.807) is 54.0 Å². The third-order valence-electron chi connectivity index (χ3n) is 5.55. The van der Waals surface area contributed by atoms with Gasteiger partial charge in [0.1, 0.15) is 5.69 Å². The Balaban J connectivity index is 1.32. The van der Waals surface area contributed by atoms with Crippen LogP contribution in [0.15, 0.2) is 47.3 Å². The number of aromatic nitrogens is 2. The Labute approximate surface area is 184 Å². The minimum Gasteiger partial charge on any atom is -0.462 e. The first kappa shape index (κ1) is 21.4. The maximum Gasteiger partial charge on any atom is 0.338 e. The van der Waals surface area contributed by atoms with Crippen LogP contribution in [0.25, 0.3) is 11.0 Å². The molecule has 0 spiro atoms. The predicted octanol–water partition coefficient (Wildman–Crippen LogP) is 2.96. The molecule has 2 aromatic carbocycles. The van der Waals surface area contributed by atoms with Gasteiger partial charge in [0.15, 0.2) is 0 Å². The standard InChI is InChI=1S/C24H23N3O5/c1-3-26-20-11-10-16(14-19(20)25-15(2)21(26)28)24(31)32-13-7-6-12-27-22(29)17-8-4-5-9-18(17)23(27)30/h4-5,8-11,14H,3,6-7,12-13H2,1-2H3. The van der Waals surface area contributed by atoms with Crippen molar-refractivity contribution < 1.29 is 19.1 Å². The quantitative estimate of drug-likeness (QED) is 0.323. The molecule has 0 saturated carbocycles. The van der Waals surface area contributed by atoms with Crippen molar-refractivity contribution in [1.29, 1.82) is 0 Å². The lowest BCUT2D eigenvalue weighted by molar-refractivity contribution is 0.0485. The van der Waals surface area contributed by atoms with Gasteiger partial charge in [-0.05, 0) is 57.0 Å². The van der Waals surface area contributed by atoms with Crippen molar-refractivity contribution in [2.75, 3.05) is 13.2 Å². The maximum absolute atomic E-state index is 12.4. The first-order valence-corrected chi connectivity index (χ1v) is 10.6. The Hall–Kier alpha value is -3.81. The van der Waals surface area contributed by atoms with Gasteiger partial charge < -0.3 is 9.30 Å². The zero-order chi connectivity index (χ0) is 22.8. The summed E-state index contributed by atoms with van der Waals surface area (Å²) in [5.41, 5.74) is 2.66. The minimum atomic E-state index is -0.485. The summed E-state index contributed by atoms with van der Waals surface area (Å²) in [5, 5.41) is 0. The molecule has 0 N–H and O–H groups in total. The average molecular weight is 433 g/mol. The number of hydrogen-bond acceptors (Lipinski definition) is 6. The lowest BCUT2D eigenvalue weighted by Crippen LogP contribution is -2.30. The number of unbranched alkanes of at least 4 members (excludes halogenated alkanes) is 1. The summed E-state index contributed by atoms with van der Waals surface area (Å²) < 4.78 is 6.96. The Kier molecular flexibility index (Phi) is 5.85. The van der Waals surface area contributed by atoms with E-state index in [4.69, 9.17) is 4.74 Å². The number of rotatable bonds is 7. The summed E-state index contributed by atoms with van der Waals surface area (Å²) >= 11 is 0. The highest BCUT2D eigenvalue weighted by Gasteiger charge is 2.34. The molecule has 8 heteroatoms. The van der Waals surface area contributed by atoms with Crippen LogP contribution >= 0.6 is 0 Å². The van der Waals surface area contributed by atoms with E-state index in [-0.39, 0.29) is 30.5 Å². The second kappa shape index (κ2) is 8.74. The number of aryl methyl sites for hydroxylation is 2. The Bertz CT molecular complexity index is 1260. The SMILES string of the molecule is CCn1c(=O)c(C)nc2cc(C(=O)OCCCCN3C(=O)c4ccccc4C3=O)ccc21. The van der Waals surface area contributed by atoms with Gasteiger partial charge in [-0.3, -0.25) is 19.3 Å². The summed E-state index contributed by atoms with van der Waals surface area (Å²) in [4.78, 5) is 54.9. The van der Waals surface area contributed by atoms with Crippen LogP contribution in [0, 0.1) is 6.92 Å². The van der Waals surface area contributed by atoms with Crippen molar-refractivity contribution in [3.63, 3.8) is 0 Å². The van der Waals surface area contributed by atoms with E-state index in [2.05, 4.69) is 4.98 Å². The molecule has 1 aliphatic rings. The first-order valence-electron chi connectivity index (χ1n) is 10.6. The van der Waals surface area contributed by atoms with Gasteiger partial charge in [0.05, 0.1) is 34.3 Å². The van der Waals surface area contributed by atoms with Gasteiger partial charge in [0, 0.05) is 13.1 Å². The molecule has 4 rings (SSSR count). The molecule has 2 amide bonds. The molecule has 0 fully saturated rings. The summed E-state index contributed by atoms with van der Waals surface area (Å²) in [5.74, 6) is -1.06. The number of imide groups is 1. The Morgan fingerprint density at radius 3 is 2.34 bits per heavy atom. The number of carbonyl (C=O) groups excluding carboxylic acids is 3. The summed E-state index contributed by atoms with van der Waals surface area (Å²) in [6.07, 6.45) is 1.04. The number of benzene rings is 2. The van der Waals surface area contributed by atoms with Gasteiger partial charge >= 0.3 is 5.97 Å². The lowest BCUT2D eigenvalue weighted by atomic mass is 10.1. The van der Waals surface area contributed by atoms with Gasteiger partial charge in [0.25, 0.3) is 17.4 Å². The zero-order valence-electron chi connectivity index (χ0n) is 18.0. The lowest BCUT2D eigenvalue weighted by Gasteiger charge is -2.13. The highest BCUT2D eigenvalue weighted by Crippen LogP contribution is 2.22. The topological polar surface area (TPSA) is 98.6 Å². The highest BCUT2D eigenvalue weighted by molar-refractivity contribution is 6.21. The smallest absolute Gasteiger partial charge is 0.338 e. The molecule has 164 valence electrons. The van der Waals surface area contributed by atoms with Crippen LogP contribution < -0.4 is 5.56 Å². The second-order valence-electron chi connectivity index (χ2n) is 7.60. The van der Waals surface area contributed by atoms with E-state index >= 15 is 0 Å². The normalized spacial score (nSPS) is 13.0. The zero-order valence-corrected chi connectivity index (χ0v) is 18.0. The summed E-state index contributed by atoms with van der Waals surface area (Å²) in [6.45, 7) is 4.48. The molecule has 2 heterocycles. The van der Waals surface area contributed by atoms with E-state index in [1.807, 2.05) is 6.92 Å². The van der Waals surface area contributed by atoms with Crippen molar-refractivity contribution in [3.8, 4) is 0 Å². The van der Waals surface area contributed by atoms with E-state index in [0.717, 1.165) is 0 Å². The van der Waals surface area contributed by atoms with Crippen LogP contribution in [-0.2, 0) is 11.3 Å². The first-order chi connectivity index (χ1) is 15.4. The molecule has 0 saturated heterocycles. The van der Waals surface area contributed by atoms with Gasteiger partial charge in [-0.1, -0.05) is 12.1 Å². The van der Waals surface area contributed by atoms with Crippen LogP contribution in [0.5, 0.6) is 0 Å². The van der Waals surface area contributed by atoms with Crippen LogP contribution in [0.2, 0.25) is 0 Å². The van der Waals surface area contributed by atoms with Gasteiger partial charge in [-0.25, -0.2) is 9.78 Å². The van der Waals surface area contributed by atoms with Crippen molar-refractivity contribution in [2.24, 2.45) is 0 Å².